The smallest absolute Gasteiger partial charge is 0.237 e. The summed E-state index contributed by atoms with van der Waals surface area (Å²) in [6.45, 7) is 3.85. The van der Waals surface area contributed by atoms with Crippen LogP contribution in [0.4, 0.5) is 0 Å². The highest BCUT2D eigenvalue weighted by atomic mass is 16.2. The number of rotatable bonds is 4. The molecule has 3 N–H and O–H groups in total. The van der Waals surface area contributed by atoms with Gasteiger partial charge in [0.15, 0.2) is 0 Å². The molecule has 2 amide bonds. The second-order valence-electron chi connectivity index (χ2n) is 6.15. The van der Waals surface area contributed by atoms with E-state index in [1.807, 2.05) is 6.92 Å². The molecule has 0 radical (unpaired) electrons. The molecule has 2 aliphatic rings. The number of hydrogen-bond donors (Lipinski definition) is 2. The van der Waals surface area contributed by atoms with Crippen molar-refractivity contribution in [1.29, 1.82) is 0 Å². The van der Waals surface area contributed by atoms with Crippen molar-refractivity contribution in [3.63, 3.8) is 0 Å². The standard InChI is InChI=1S/C14H25N3O2/c1-14(6-8-16-9-7-14)13(19)17(10-12(15)18)11-4-2-3-5-11/h11,16H,2-10H2,1H3,(H2,15,18). The van der Waals surface area contributed by atoms with Crippen molar-refractivity contribution in [3.8, 4) is 0 Å². The molecule has 19 heavy (non-hydrogen) atoms. The van der Waals surface area contributed by atoms with Gasteiger partial charge >= 0.3 is 0 Å². The minimum atomic E-state index is -0.405. The van der Waals surface area contributed by atoms with E-state index in [9.17, 15) is 9.59 Å². The van der Waals surface area contributed by atoms with Gasteiger partial charge in [-0.1, -0.05) is 19.8 Å². The van der Waals surface area contributed by atoms with Gasteiger partial charge in [-0.2, -0.15) is 0 Å². The van der Waals surface area contributed by atoms with E-state index in [0.29, 0.717) is 0 Å². The van der Waals surface area contributed by atoms with Gasteiger partial charge in [0.25, 0.3) is 0 Å². The molecule has 2 fully saturated rings. The van der Waals surface area contributed by atoms with Crippen LogP contribution in [0.2, 0.25) is 0 Å². The van der Waals surface area contributed by atoms with E-state index in [1.165, 1.54) is 0 Å². The molecule has 0 aromatic carbocycles. The molecule has 1 aliphatic heterocycles. The molecule has 0 aromatic rings. The van der Waals surface area contributed by atoms with Crippen LogP contribution in [0.25, 0.3) is 0 Å². The summed E-state index contributed by atoms with van der Waals surface area (Å²) in [6.07, 6.45) is 5.99. The zero-order chi connectivity index (χ0) is 13.9. The lowest BCUT2D eigenvalue weighted by Crippen LogP contribution is -2.52. The third-order valence-electron chi connectivity index (χ3n) is 4.58. The summed E-state index contributed by atoms with van der Waals surface area (Å²) >= 11 is 0. The Kier molecular flexibility index (Phi) is 4.45. The first-order valence-electron chi connectivity index (χ1n) is 7.33. The molecule has 1 heterocycles. The lowest BCUT2D eigenvalue weighted by atomic mass is 9.79. The van der Waals surface area contributed by atoms with Crippen LogP contribution in [0.15, 0.2) is 0 Å². The highest BCUT2D eigenvalue weighted by Crippen LogP contribution is 2.33. The number of hydrogen-bond acceptors (Lipinski definition) is 3. The molecule has 1 saturated carbocycles. The van der Waals surface area contributed by atoms with E-state index in [4.69, 9.17) is 5.73 Å². The highest BCUT2D eigenvalue weighted by Gasteiger charge is 2.40. The molecule has 0 bridgehead atoms. The van der Waals surface area contributed by atoms with Gasteiger partial charge in [0.1, 0.15) is 0 Å². The van der Waals surface area contributed by atoms with Crippen molar-refractivity contribution >= 4 is 11.8 Å². The molecule has 5 heteroatoms. The van der Waals surface area contributed by atoms with Gasteiger partial charge in [0.2, 0.25) is 11.8 Å². The van der Waals surface area contributed by atoms with Crippen molar-refractivity contribution in [1.82, 2.24) is 10.2 Å². The largest absolute Gasteiger partial charge is 0.368 e. The summed E-state index contributed by atoms with van der Waals surface area (Å²) in [5.74, 6) is -0.280. The minimum absolute atomic E-state index is 0.0759. The zero-order valence-electron chi connectivity index (χ0n) is 11.8. The molecule has 2 rings (SSSR count). The van der Waals surface area contributed by atoms with E-state index in [1.54, 1.807) is 4.90 Å². The molecule has 5 nitrogen and oxygen atoms in total. The van der Waals surface area contributed by atoms with Crippen LogP contribution in [-0.2, 0) is 9.59 Å². The number of amides is 2. The fourth-order valence-electron chi connectivity index (χ4n) is 3.29. The van der Waals surface area contributed by atoms with Crippen molar-refractivity contribution < 1.29 is 9.59 Å². The number of nitrogens with zero attached hydrogens (tertiary/aromatic N) is 1. The van der Waals surface area contributed by atoms with Gasteiger partial charge < -0.3 is 16.0 Å². The Morgan fingerprint density at radius 3 is 2.37 bits per heavy atom. The first kappa shape index (κ1) is 14.3. The molecule has 0 spiro atoms. The first-order valence-corrected chi connectivity index (χ1v) is 7.33. The Morgan fingerprint density at radius 2 is 1.84 bits per heavy atom. The van der Waals surface area contributed by atoms with Gasteiger partial charge in [0, 0.05) is 11.5 Å². The van der Waals surface area contributed by atoms with Crippen molar-refractivity contribution in [2.24, 2.45) is 11.1 Å². The number of piperidine rings is 1. The summed E-state index contributed by atoms with van der Waals surface area (Å²) in [4.78, 5) is 25.9. The average molecular weight is 267 g/mol. The quantitative estimate of drug-likeness (QED) is 0.784. The van der Waals surface area contributed by atoms with Gasteiger partial charge in [-0.3, -0.25) is 9.59 Å². The topological polar surface area (TPSA) is 75.4 Å². The summed E-state index contributed by atoms with van der Waals surface area (Å²) in [5.41, 5.74) is 5.00. The van der Waals surface area contributed by atoms with Crippen LogP contribution in [0.5, 0.6) is 0 Å². The minimum Gasteiger partial charge on any atom is -0.368 e. The fraction of sp³-hybridized carbons (Fsp3) is 0.857. The van der Waals surface area contributed by atoms with E-state index < -0.39 is 5.91 Å². The van der Waals surface area contributed by atoms with Gasteiger partial charge in [-0.25, -0.2) is 0 Å². The monoisotopic (exact) mass is 267 g/mol. The summed E-state index contributed by atoms with van der Waals surface area (Å²) in [6, 6.07) is 0.215. The molecule has 108 valence electrons. The van der Waals surface area contributed by atoms with Crippen LogP contribution < -0.4 is 11.1 Å². The van der Waals surface area contributed by atoms with Crippen molar-refractivity contribution in [2.45, 2.75) is 51.5 Å². The molecule has 1 aliphatic carbocycles. The molecule has 0 aromatic heterocycles. The summed E-state index contributed by atoms with van der Waals surface area (Å²) < 4.78 is 0. The second-order valence-corrected chi connectivity index (χ2v) is 6.15. The third-order valence-corrected chi connectivity index (χ3v) is 4.58. The zero-order valence-corrected chi connectivity index (χ0v) is 11.8. The van der Waals surface area contributed by atoms with Gasteiger partial charge in [-0.15, -0.1) is 0 Å². The number of primary amides is 1. The SMILES string of the molecule is CC1(C(=O)N(CC(N)=O)C2CCCC2)CCNCC1. The Hall–Kier alpha value is -1.10. The highest BCUT2D eigenvalue weighted by molar-refractivity contribution is 5.87. The molecule has 0 unspecified atom stereocenters. The number of nitrogens with two attached hydrogens (primary N) is 1. The van der Waals surface area contributed by atoms with Crippen LogP contribution in [-0.4, -0.2) is 42.4 Å². The third kappa shape index (κ3) is 3.26. The Balaban J connectivity index is 2.11. The Bertz CT molecular complexity index is 345. The average Bonchev–Trinajstić information content (AvgIpc) is 2.89. The maximum absolute atomic E-state index is 12.8. The van der Waals surface area contributed by atoms with E-state index >= 15 is 0 Å². The van der Waals surface area contributed by atoms with Gasteiger partial charge in [0.05, 0.1) is 6.54 Å². The maximum atomic E-state index is 12.8. The van der Waals surface area contributed by atoms with Crippen LogP contribution in [0.3, 0.4) is 0 Å². The number of carbonyl (C=O) groups is 2. The molecule has 0 atom stereocenters. The normalized spacial score (nSPS) is 23.2. The summed E-state index contributed by atoms with van der Waals surface area (Å²) in [5, 5.41) is 3.28. The first-order chi connectivity index (χ1) is 9.03. The number of carbonyl (C=O) groups excluding carboxylic acids is 2. The molecule has 1 saturated heterocycles. The predicted molar refractivity (Wildman–Crippen MR) is 73.4 cm³/mol. The number of nitrogens with one attached hydrogen (secondary N) is 1. The lowest BCUT2D eigenvalue weighted by Gasteiger charge is -2.39. The lowest BCUT2D eigenvalue weighted by molar-refractivity contribution is -0.147. The Labute approximate surface area is 114 Å². The molecular formula is C14H25N3O2. The van der Waals surface area contributed by atoms with Crippen molar-refractivity contribution in [3.05, 3.63) is 0 Å². The van der Waals surface area contributed by atoms with Gasteiger partial charge in [-0.05, 0) is 38.8 Å². The fourth-order valence-corrected chi connectivity index (χ4v) is 3.29. The van der Waals surface area contributed by atoms with E-state index in [-0.39, 0.29) is 23.9 Å². The van der Waals surface area contributed by atoms with E-state index in [0.717, 1.165) is 51.6 Å². The summed E-state index contributed by atoms with van der Waals surface area (Å²) in [7, 11) is 0. The Morgan fingerprint density at radius 1 is 1.26 bits per heavy atom. The maximum Gasteiger partial charge on any atom is 0.237 e. The molecular weight excluding hydrogens is 242 g/mol. The van der Waals surface area contributed by atoms with Crippen LogP contribution >= 0.6 is 0 Å². The second kappa shape index (κ2) is 5.90. The van der Waals surface area contributed by atoms with Crippen molar-refractivity contribution in [2.75, 3.05) is 19.6 Å². The van der Waals surface area contributed by atoms with Crippen LogP contribution in [0, 0.1) is 5.41 Å². The predicted octanol–water partition coefficient (Wildman–Crippen LogP) is 0.633. The van der Waals surface area contributed by atoms with E-state index in [2.05, 4.69) is 5.32 Å². The van der Waals surface area contributed by atoms with Crippen LogP contribution in [0.1, 0.15) is 45.4 Å².